The van der Waals surface area contributed by atoms with Crippen molar-refractivity contribution in [1.82, 2.24) is 25.9 Å². The van der Waals surface area contributed by atoms with E-state index in [9.17, 15) is 14.4 Å². The van der Waals surface area contributed by atoms with E-state index in [1.165, 1.54) is 0 Å². The zero-order chi connectivity index (χ0) is 32.4. The average molecular weight is 606 g/mol. The van der Waals surface area contributed by atoms with Gasteiger partial charge in [-0.2, -0.15) is 0 Å². The van der Waals surface area contributed by atoms with Crippen LogP contribution < -0.4 is 11.0 Å². The van der Waals surface area contributed by atoms with E-state index in [0.29, 0.717) is 5.69 Å². The minimum Gasteiger partial charge on any atom is -0.477 e. The minimum atomic E-state index is -0.995. The number of carbonyl (C=O) groups excluding carboxylic acids is 2. The van der Waals surface area contributed by atoms with E-state index in [0.717, 1.165) is 32.3 Å². The highest BCUT2D eigenvalue weighted by atomic mass is 16.7. The molecule has 0 spiro atoms. The quantitative estimate of drug-likeness (QED) is 0.140. The van der Waals surface area contributed by atoms with Crippen LogP contribution in [0.4, 0.5) is 0 Å². The van der Waals surface area contributed by atoms with Crippen LogP contribution in [-0.2, 0) is 4.84 Å². The SMILES string of the molecule is CC(C)(C)ONC(=O)c1cc2ccccc2cn1.O=C(NO)c1cc2ccccc2cn1.O=C(O)c1cc2ccccc2cn1. The maximum absolute atomic E-state index is 11.8. The third kappa shape index (κ3) is 9.10. The number of benzene rings is 3. The Morgan fingerprint density at radius 3 is 1.33 bits per heavy atom. The first-order chi connectivity index (χ1) is 21.5. The number of hydrogen-bond donors (Lipinski definition) is 4. The van der Waals surface area contributed by atoms with Crippen molar-refractivity contribution in [3.8, 4) is 0 Å². The Bertz CT molecular complexity index is 1970. The number of rotatable bonds is 4. The van der Waals surface area contributed by atoms with Crippen LogP contribution in [0, 0.1) is 0 Å². The van der Waals surface area contributed by atoms with Gasteiger partial charge in [0.05, 0.1) is 5.60 Å². The van der Waals surface area contributed by atoms with E-state index in [4.69, 9.17) is 15.2 Å². The Morgan fingerprint density at radius 2 is 0.956 bits per heavy atom. The molecule has 228 valence electrons. The largest absolute Gasteiger partial charge is 0.477 e. The van der Waals surface area contributed by atoms with Crippen molar-refractivity contribution in [2.24, 2.45) is 0 Å². The van der Waals surface area contributed by atoms with E-state index < -0.39 is 17.5 Å². The first-order valence-electron chi connectivity index (χ1n) is 13.7. The maximum atomic E-state index is 11.8. The molecule has 0 unspecified atom stereocenters. The first-order valence-corrected chi connectivity index (χ1v) is 13.7. The van der Waals surface area contributed by atoms with E-state index in [1.54, 1.807) is 42.3 Å². The third-order valence-corrected chi connectivity index (χ3v) is 6.13. The van der Waals surface area contributed by atoms with Gasteiger partial charge in [0, 0.05) is 34.7 Å². The topological polar surface area (TPSA) is 164 Å². The number of nitrogens with one attached hydrogen (secondary N) is 2. The lowest BCUT2D eigenvalue weighted by atomic mass is 10.1. The highest BCUT2D eigenvalue weighted by Crippen LogP contribution is 2.15. The van der Waals surface area contributed by atoms with Crippen molar-refractivity contribution in [3.05, 3.63) is 127 Å². The fourth-order valence-electron chi connectivity index (χ4n) is 3.92. The lowest BCUT2D eigenvalue weighted by Crippen LogP contribution is -2.33. The summed E-state index contributed by atoms with van der Waals surface area (Å²) in [4.78, 5) is 50.5. The number of aromatic nitrogens is 3. The van der Waals surface area contributed by atoms with Gasteiger partial charge >= 0.3 is 5.97 Å². The maximum Gasteiger partial charge on any atom is 0.354 e. The first kappa shape index (κ1) is 32.1. The van der Waals surface area contributed by atoms with Crippen LogP contribution in [0.1, 0.15) is 52.2 Å². The molecule has 3 aromatic heterocycles. The van der Waals surface area contributed by atoms with Gasteiger partial charge in [0.15, 0.2) is 0 Å². The summed E-state index contributed by atoms with van der Waals surface area (Å²) in [6, 6.07) is 27.8. The molecule has 0 fully saturated rings. The highest BCUT2D eigenvalue weighted by Gasteiger charge is 2.15. The predicted octanol–water partition coefficient (Wildman–Crippen LogP) is 5.98. The van der Waals surface area contributed by atoms with Crippen LogP contribution in [0.5, 0.6) is 0 Å². The number of hydrogen-bond acceptors (Lipinski definition) is 8. The van der Waals surface area contributed by atoms with Crippen molar-refractivity contribution < 1.29 is 29.5 Å². The van der Waals surface area contributed by atoms with E-state index in [-0.39, 0.29) is 17.3 Å². The molecular weight excluding hydrogens is 574 g/mol. The summed E-state index contributed by atoms with van der Waals surface area (Å²) in [5.74, 6) is -1.93. The van der Waals surface area contributed by atoms with E-state index in [1.807, 2.05) is 93.6 Å². The zero-order valence-electron chi connectivity index (χ0n) is 24.8. The number of carboxylic acid groups (broad SMARTS) is 1. The molecule has 0 bridgehead atoms. The normalized spacial score (nSPS) is 10.7. The fourth-order valence-corrected chi connectivity index (χ4v) is 3.92. The van der Waals surface area contributed by atoms with Gasteiger partial charge in [0.1, 0.15) is 17.1 Å². The van der Waals surface area contributed by atoms with Gasteiger partial charge in [-0.25, -0.2) is 20.7 Å². The second-order valence-corrected chi connectivity index (χ2v) is 10.6. The lowest BCUT2D eigenvalue weighted by molar-refractivity contribution is -0.0591. The van der Waals surface area contributed by atoms with Crippen molar-refractivity contribution in [2.75, 3.05) is 0 Å². The molecule has 0 radical (unpaired) electrons. The van der Waals surface area contributed by atoms with Crippen LogP contribution in [0.3, 0.4) is 0 Å². The van der Waals surface area contributed by atoms with Crippen LogP contribution >= 0.6 is 0 Å². The number of pyridine rings is 3. The molecule has 11 nitrogen and oxygen atoms in total. The molecule has 2 amide bonds. The van der Waals surface area contributed by atoms with Crippen LogP contribution in [-0.4, -0.2) is 48.7 Å². The van der Waals surface area contributed by atoms with Crippen molar-refractivity contribution in [2.45, 2.75) is 26.4 Å². The summed E-state index contributed by atoms with van der Waals surface area (Å²) in [5, 5.41) is 22.8. The monoisotopic (exact) mass is 605 g/mol. The molecule has 0 saturated heterocycles. The summed E-state index contributed by atoms with van der Waals surface area (Å²) < 4.78 is 0. The van der Waals surface area contributed by atoms with Gasteiger partial charge in [-0.1, -0.05) is 72.8 Å². The van der Waals surface area contributed by atoms with Gasteiger partial charge < -0.3 is 5.11 Å². The Hall–Kier alpha value is -5.78. The molecule has 3 heterocycles. The second-order valence-electron chi connectivity index (χ2n) is 10.6. The molecule has 0 saturated carbocycles. The van der Waals surface area contributed by atoms with Gasteiger partial charge in [-0.3, -0.25) is 29.6 Å². The summed E-state index contributed by atoms with van der Waals surface area (Å²) in [5.41, 5.74) is 4.15. The third-order valence-electron chi connectivity index (χ3n) is 6.13. The van der Waals surface area contributed by atoms with Crippen molar-refractivity contribution >= 4 is 50.1 Å². The zero-order valence-corrected chi connectivity index (χ0v) is 24.8. The fraction of sp³-hybridized carbons (Fsp3) is 0.118. The molecule has 4 N–H and O–H groups in total. The molecule has 0 atom stereocenters. The van der Waals surface area contributed by atoms with Crippen LogP contribution in [0.15, 0.2) is 110 Å². The molecule has 0 aliphatic heterocycles. The Morgan fingerprint density at radius 1 is 0.600 bits per heavy atom. The van der Waals surface area contributed by atoms with Crippen LogP contribution in [0.25, 0.3) is 32.3 Å². The minimum absolute atomic E-state index is 0.0821. The standard InChI is InChI=1S/C14H16N2O2.C10H8N2O2.C10H7NO2/c1-14(2,3)18-16-13(17)12-8-10-6-4-5-7-11(10)9-15-12;13-10(12-14)9-5-7-3-1-2-4-8(7)6-11-9;12-10(13)9-5-7-3-1-2-4-8(7)6-11-9/h4-9H,1-3H3,(H,16,17);1-6,14H,(H,12,13);1-6H,(H,12,13). The number of amides is 2. The van der Waals surface area contributed by atoms with Crippen molar-refractivity contribution in [1.29, 1.82) is 0 Å². The van der Waals surface area contributed by atoms with Gasteiger partial charge in [-0.15, -0.1) is 0 Å². The second kappa shape index (κ2) is 14.6. The molecule has 11 heteroatoms. The van der Waals surface area contributed by atoms with Gasteiger partial charge in [-0.05, 0) is 55.1 Å². The summed E-state index contributed by atoms with van der Waals surface area (Å²) in [6.07, 6.45) is 4.85. The Kier molecular flexibility index (Phi) is 10.4. The number of aromatic carboxylic acids is 1. The number of fused-ring (bicyclic) bond motifs is 3. The average Bonchev–Trinajstić information content (AvgIpc) is 3.06. The number of nitrogens with zero attached hydrogens (tertiary/aromatic N) is 3. The Balaban J connectivity index is 0.000000156. The summed E-state index contributed by atoms with van der Waals surface area (Å²) in [7, 11) is 0. The molecule has 45 heavy (non-hydrogen) atoms. The Labute approximate surface area is 258 Å². The van der Waals surface area contributed by atoms with Crippen LogP contribution in [0.2, 0.25) is 0 Å². The predicted molar refractivity (Wildman–Crippen MR) is 170 cm³/mol. The van der Waals surface area contributed by atoms with Gasteiger partial charge in [0.25, 0.3) is 11.8 Å². The van der Waals surface area contributed by atoms with Gasteiger partial charge in [0.2, 0.25) is 0 Å². The highest BCUT2D eigenvalue weighted by molar-refractivity contribution is 5.96. The summed E-state index contributed by atoms with van der Waals surface area (Å²) >= 11 is 0. The molecule has 0 aliphatic carbocycles. The molecule has 6 aromatic rings. The number of carboxylic acids is 1. The number of hydroxylamine groups is 2. The molecular formula is C34H31N5O6. The smallest absolute Gasteiger partial charge is 0.354 e. The lowest BCUT2D eigenvalue weighted by Gasteiger charge is -2.18. The summed E-state index contributed by atoms with van der Waals surface area (Å²) in [6.45, 7) is 5.59. The van der Waals surface area contributed by atoms with Crippen molar-refractivity contribution in [3.63, 3.8) is 0 Å². The molecule has 3 aromatic carbocycles. The van der Waals surface area contributed by atoms with E-state index >= 15 is 0 Å². The molecule has 6 rings (SSSR count). The van der Waals surface area contributed by atoms with E-state index in [2.05, 4.69) is 20.4 Å². The molecule has 0 aliphatic rings. The number of carbonyl (C=O) groups is 3.